The molecule has 1 heterocycles. The Morgan fingerprint density at radius 3 is 2.55 bits per heavy atom. The van der Waals surface area contributed by atoms with E-state index in [0.717, 1.165) is 0 Å². The smallest absolute Gasteiger partial charge is 0.417 e. The van der Waals surface area contributed by atoms with Gasteiger partial charge in [0.2, 0.25) is 5.88 Å². The van der Waals surface area contributed by atoms with Crippen LogP contribution in [0.4, 0.5) is 18.9 Å². The molecule has 0 aliphatic rings. The van der Waals surface area contributed by atoms with Gasteiger partial charge in [0, 0.05) is 11.8 Å². The number of pyridine rings is 1. The molecular weight excluding hydrogens is 436 g/mol. The average molecular weight is 451 g/mol. The first-order valence-corrected chi connectivity index (χ1v) is 9.67. The van der Waals surface area contributed by atoms with Crippen molar-refractivity contribution in [2.45, 2.75) is 19.5 Å². The van der Waals surface area contributed by atoms with Gasteiger partial charge in [0.15, 0.2) is 0 Å². The Bertz CT molecular complexity index is 940. The first kappa shape index (κ1) is 22.8. The number of aryl methyl sites for hydroxylation is 1. The number of hydrogen-bond donors (Lipinski definition) is 0. The van der Waals surface area contributed by atoms with Gasteiger partial charge in [0.1, 0.15) is 10.8 Å². The van der Waals surface area contributed by atoms with Gasteiger partial charge >= 0.3 is 12.1 Å². The minimum atomic E-state index is -4.61. The summed E-state index contributed by atoms with van der Waals surface area (Å²) in [5.41, 5.74) is -0.843. The molecule has 1 unspecified atom stereocenters. The summed E-state index contributed by atoms with van der Waals surface area (Å²) >= 11 is 5.85. The van der Waals surface area contributed by atoms with Crippen LogP contribution in [0, 0.1) is 10.1 Å². The Balaban J connectivity index is 2.42. The van der Waals surface area contributed by atoms with E-state index in [1.807, 2.05) is 0 Å². The number of alkyl halides is 3. The molecule has 156 valence electrons. The number of halogens is 4. The maximum atomic E-state index is 12.7. The first-order valence-electron chi connectivity index (χ1n) is 8.09. The van der Waals surface area contributed by atoms with Crippen LogP contribution in [0.1, 0.15) is 18.1 Å². The lowest BCUT2D eigenvalue weighted by molar-refractivity contribution is -0.384. The minimum Gasteiger partial charge on any atom is -0.469 e. The van der Waals surface area contributed by atoms with Crippen LogP contribution in [0.5, 0.6) is 11.6 Å². The van der Waals surface area contributed by atoms with Crippen molar-refractivity contribution in [3.8, 4) is 11.6 Å². The van der Waals surface area contributed by atoms with Gasteiger partial charge < -0.3 is 9.47 Å². The lowest BCUT2D eigenvalue weighted by Gasteiger charge is -2.13. The van der Waals surface area contributed by atoms with Gasteiger partial charge in [0.05, 0.1) is 29.1 Å². The van der Waals surface area contributed by atoms with Crippen LogP contribution in [-0.4, -0.2) is 29.1 Å². The summed E-state index contributed by atoms with van der Waals surface area (Å²) in [7, 11) is 0.934. The Labute approximate surface area is 170 Å². The van der Waals surface area contributed by atoms with E-state index < -0.39 is 22.6 Å². The largest absolute Gasteiger partial charge is 0.469 e. The number of nitro groups is 1. The molecule has 0 fully saturated rings. The fourth-order valence-electron chi connectivity index (χ4n) is 2.35. The number of nitrogens with zero attached hydrogens (tertiary/aromatic N) is 2. The highest BCUT2D eigenvalue weighted by Gasteiger charge is 2.32. The lowest BCUT2D eigenvalue weighted by atomic mass is 10.1. The van der Waals surface area contributed by atoms with Crippen molar-refractivity contribution in [2.24, 2.45) is 0 Å². The quantitative estimate of drug-likeness (QED) is 0.267. The molecule has 1 aromatic carbocycles. The molecule has 12 heteroatoms. The van der Waals surface area contributed by atoms with E-state index in [0.29, 0.717) is 17.8 Å². The van der Waals surface area contributed by atoms with Crippen molar-refractivity contribution < 1.29 is 32.4 Å². The first-order chi connectivity index (χ1) is 13.6. The van der Waals surface area contributed by atoms with Crippen LogP contribution in [0.2, 0.25) is 5.02 Å². The fraction of sp³-hybridized carbons (Fsp3) is 0.294. The van der Waals surface area contributed by atoms with Gasteiger partial charge in [0.25, 0.3) is 5.69 Å². The predicted molar refractivity (Wildman–Crippen MR) is 102 cm³/mol. The van der Waals surface area contributed by atoms with Crippen molar-refractivity contribution in [3.63, 3.8) is 0 Å². The van der Waals surface area contributed by atoms with Gasteiger partial charge in [-0.1, -0.05) is 27.1 Å². The number of methoxy groups -OCH3 is 1. The standard InChI is InChI=1S/C17H15ClF3N2O5P/c1-3-9-4-11(6-13(15(9)23(25)26)29-8-14(24)27-2)28-16-12(18)5-10(7-22-16)17(19,20)21/h4-7,29H,3,8H2,1-2H3. The summed E-state index contributed by atoms with van der Waals surface area (Å²) in [5.74, 6) is -0.707. The molecule has 0 aliphatic heterocycles. The predicted octanol–water partition coefficient (Wildman–Crippen LogP) is 4.49. The topological polar surface area (TPSA) is 91.6 Å². The normalized spacial score (nSPS) is 11.7. The number of nitro benzene ring substituents is 1. The van der Waals surface area contributed by atoms with Crippen LogP contribution in [-0.2, 0) is 22.1 Å². The molecule has 2 rings (SSSR count). The Kier molecular flexibility index (Phi) is 7.37. The number of aromatic nitrogens is 1. The number of ether oxygens (including phenoxy) is 2. The van der Waals surface area contributed by atoms with Crippen molar-refractivity contribution >= 4 is 37.1 Å². The number of hydrogen-bond acceptors (Lipinski definition) is 6. The number of benzene rings is 1. The zero-order valence-electron chi connectivity index (χ0n) is 15.2. The Hall–Kier alpha value is -2.45. The summed E-state index contributed by atoms with van der Waals surface area (Å²) in [4.78, 5) is 25.9. The molecule has 0 spiro atoms. The van der Waals surface area contributed by atoms with Gasteiger partial charge in [-0.05, 0) is 24.6 Å². The monoisotopic (exact) mass is 450 g/mol. The zero-order chi connectivity index (χ0) is 21.8. The van der Waals surface area contributed by atoms with E-state index in [-0.39, 0.29) is 48.8 Å². The van der Waals surface area contributed by atoms with E-state index in [1.54, 1.807) is 6.92 Å². The molecule has 0 aliphatic carbocycles. The van der Waals surface area contributed by atoms with Crippen LogP contribution in [0.25, 0.3) is 0 Å². The number of carbonyl (C=O) groups excluding carboxylic acids is 1. The zero-order valence-corrected chi connectivity index (χ0v) is 16.9. The SMILES string of the molecule is CCc1cc(Oc2ncc(C(F)(F)F)cc2Cl)cc(PCC(=O)OC)c1[N+](=O)[O-]. The Morgan fingerprint density at radius 2 is 2.03 bits per heavy atom. The highest BCUT2D eigenvalue weighted by molar-refractivity contribution is 7.48. The van der Waals surface area contributed by atoms with Gasteiger partial charge in [-0.2, -0.15) is 13.2 Å². The van der Waals surface area contributed by atoms with Crippen molar-refractivity contribution in [1.82, 2.24) is 4.98 Å². The molecule has 0 amide bonds. The number of esters is 1. The van der Waals surface area contributed by atoms with Gasteiger partial charge in [-0.25, -0.2) is 4.98 Å². The number of rotatable bonds is 7. The average Bonchev–Trinajstić information content (AvgIpc) is 2.65. The summed E-state index contributed by atoms with van der Waals surface area (Å²) in [5, 5.41) is 11.4. The summed E-state index contributed by atoms with van der Waals surface area (Å²) < 4.78 is 48.3. The van der Waals surface area contributed by atoms with Crippen molar-refractivity contribution in [1.29, 1.82) is 0 Å². The molecule has 0 saturated heterocycles. The van der Waals surface area contributed by atoms with Crippen LogP contribution < -0.4 is 10.0 Å². The second-order valence-electron chi connectivity index (χ2n) is 5.63. The minimum absolute atomic E-state index is 0.0662. The summed E-state index contributed by atoms with van der Waals surface area (Å²) in [6.45, 7) is 1.70. The van der Waals surface area contributed by atoms with Crippen LogP contribution >= 0.6 is 20.2 Å². The molecule has 1 aromatic heterocycles. The highest BCUT2D eigenvalue weighted by atomic mass is 35.5. The van der Waals surface area contributed by atoms with Crippen molar-refractivity contribution in [3.05, 3.63) is 50.7 Å². The second-order valence-corrected chi connectivity index (χ2v) is 7.28. The van der Waals surface area contributed by atoms with E-state index in [9.17, 15) is 28.1 Å². The summed E-state index contributed by atoms with van der Waals surface area (Å²) in [6, 6.07) is 3.41. The van der Waals surface area contributed by atoms with Crippen molar-refractivity contribution in [2.75, 3.05) is 13.3 Å². The molecule has 2 aromatic rings. The lowest BCUT2D eigenvalue weighted by Crippen LogP contribution is -2.12. The van der Waals surface area contributed by atoms with Crippen LogP contribution in [0.15, 0.2) is 24.4 Å². The molecular formula is C17H15ClF3N2O5P. The molecule has 29 heavy (non-hydrogen) atoms. The van der Waals surface area contributed by atoms with E-state index >= 15 is 0 Å². The van der Waals surface area contributed by atoms with Gasteiger partial charge in [-0.15, -0.1) is 0 Å². The van der Waals surface area contributed by atoms with Gasteiger partial charge in [-0.3, -0.25) is 14.9 Å². The fourth-order valence-corrected chi connectivity index (χ4v) is 3.70. The third-order valence-corrected chi connectivity index (χ3v) is 5.22. The maximum absolute atomic E-state index is 12.7. The molecule has 0 N–H and O–H groups in total. The maximum Gasteiger partial charge on any atom is 0.417 e. The van der Waals surface area contributed by atoms with E-state index in [1.165, 1.54) is 19.2 Å². The molecule has 0 saturated carbocycles. The second kappa shape index (κ2) is 9.37. The number of carbonyl (C=O) groups is 1. The van der Waals surface area contributed by atoms with Crippen LogP contribution in [0.3, 0.4) is 0 Å². The summed E-state index contributed by atoms with van der Waals surface area (Å²) in [6.07, 6.45) is -3.81. The van der Waals surface area contributed by atoms with E-state index in [2.05, 4.69) is 9.72 Å². The molecule has 0 bridgehead atoms. The third-order valence-electron chi connectivity index (χ3n) is 3.73. The molecule has 0 radical (unpaired) electrons. The third kappa shape index (κ3) is 5.77. The molecule has 7 nitrogen and oxygen atoms in total. The Morgan fingerprint density at radius 1 is 1.34 bits per heavy atom. The van der Waals surface area contributed by atoms with E-state index in [4.69, 9.17) is 16.3 Å². The highest BCUT2D eigenvalue weighted by Crippen LogP contribution is 2.36. The molecule has 1 atom stereocenters.